The van der Waals surface area contributed by atoms with Gasteiger partial charge in [-0.15, -0.1) is 11.3 Å². The number of likely N-dealkylation sites (tertiary alicyclic amines) is 1. The van der Waals surface area contributed by atoms with Gasteiger partial charge < -0.3 is 14.8 Å². The standard InChI is InChI=1S/C23H25N7OS/c1-15-12-24-23(32-15)28-21-11-19(26-16(2)27-21)17-7-9-29(10-8-17)22(31)13-30-14-25-18-5-3-4-6-20(18)30/h3-6,11-12,14,17H,7-10,13H2,1-2H3,(H,24,26,27,28). The summed E-state index contributed by atoms with van der Waals surface area (Å²) in [5.41, 5.74) is 2.93. The van der Waals surface area contributed by atoms with Crippen LogP contribution in [0.25, 0.3) is 11.0 Å². The Bertz CT molecular complexity index is 1260. The van der Waals surface area contributed by atoms with Crippen molar-refractivity contribution in [1.29, 1.82) is 0 Å². The number of aryl methyl sites for hydroxylation is 2. The summed E-state index contributed by atoms with van der Waals surface area (Å²) in [6, 6.07) is 9.91. The summed E-state index contributed by atoms with van der Waals surface area (Å²) in [6.45, 7) is 5.72. The van der Waals surface area contributed by atoms with Crippen LogP contribution in [-0.4, -0.2) is 48.4 Å². The molecule has 1 aliphatic rings. The fourth-order valence-corrected chi connectivity index (χ4v) is 4.86. The quantitative estimate of drug-likeness (QED) is 0.497. The molecule has 1 aliphatic heterocycles. The van der Waals surface area contributed by atoms with Crippen molar-refractivity contribution >= 4 is 39.2 Å². The summed E-state index contributed by atoms with van der Waals surface area (Å²) in [4.78, 5) is 34.0. The summed E-state index contributed by atoms with van der Waals surface area (Å²) in [5.74, 6) is 1.96. The number of carbonyl (C=O) groups is 1. The molecule has 1 aromatic carbocycles. The summed E-state index contributed by atoms with van der Waals surface area (Å²) in [5, 5.41) is 4.13. The van der Waals surface area contributed by atoms with Gasteiger partial charge in [0.25, 0.3) is 0 Å². The van der Waals surface area contributed by atoms with Gasteiger partial charge in [-0.25, -0.2) is 19.9 Å². The molecule has 0 atom stereocenters. The fraction of sp³-hybridized carbons (Fsp3) is 0.348. The number of imidazole rings is 1. The molecule has 0 radical (unpaired) electrons. The number of hydrogen-bond donors (Lipinski definition) is 1. The number of aromatic nitrogens is 5. The Hall–Kier alpha value is -3.33. The summed E-state index contributed by atoms with van der Waals surface area (Å²) in [7, 11) is 0. The lowest BCUT2D eigenvalue weighted by Gasteiger charge is -2.32. The van der Waals surface area contributed by atoms with Crippen molar-refractivity contribution in [3.05, 3.63) is 59.3 Å². The largest absolute Gasteiger partial charge is 0.341 e. The molecule has 1 fully saturated rings. The summed E-state index contributed by atoms with van der Waals surface area (Å²) < 4.78 is 1.93. The van der Waals surface area contributed by atoms with Gasteiger partial charge in [0.05, 0.1) is 17.4 Å². The molecular formula is C23H25N7OS. The maximum Gasteiger partial charge on any atom is 0.242 e. The Morgan fingerprint density at radius 2 is 1.97 bits per heavy atom. The molecule has 32 heavy (non-hydrogen) atoms. The first-order valence-corrected chi connectivity index (χ1v) is 11.6. The third kappa shape index (κ3) is 4.34. The lowest BCUT2D eigenvalue weighted by atomic mass is 9.93. The van der Waals surface area contributed by atoms with Crippen molar-refractivity contribution in [1.82, 2.24) is 29.4 Å². The zero-order chi connectivity index (χ0) is 22.1. The van der Waals surface area contributed by atoms with E-state index in [2.05, 4.69) is 25.3 Å². The average Bonchev–Trinajstić information content (AvgIpc) is 3.39. The van der Waals surface area contributed by atoms with Crippen molar-refractivity contribution in [3.63, 3.8) is 0 Å². The molecule has 1 saturated heterocycles. The van der Waals surface area contributed by atoms with Crippen LogP contribution in [0.2, 0.25) is 0 Å². The van der Waals surface area contributed by atoms with E-state index in [1.54, 1.807) is 17.7 Å². The van der Waals surface area contributed by atoms with Crippen molar-refractivity contribution < 1.29 is 4.79 Å². The van der Waals surface area contributed by atoms with Crippen LogP contribution in [0.5, 0.6) is 0 Å². The molecule has 0 bridgehead atoms. The number of carbonyl (C=O) groups excluding carboxylic acids is 1. The molecule has 8 nitrogen and oxygen atoms in total. The Balaban J connectivity index is 1.23. The molecular weight excluding hydrogens is 422 g/mol. The minimum absolute atomic E-state index is 0.131. The Morgan fingerprint density at radius 1 is 1.16 bits per heavy atom. The van der Waals surface area contributed by atoms with Crippen LogP contribution in [0.1, 0.15) is 35.2 Å². The molecule has 4 heterocycles. The number of nitrogens with one attached hydrogen (secondary N) is 1. The molecule has 1 N–H and O–H groups in total. The number of anilines is 2. The van der Waals surface area contributed by atoms with Crippen LogP contribution in [0, 0.1) is 13.8 Å². The van der Waals surface area contributed by atoms with Gasteiger partial charge in [0.1, 0.15) is 18.2 Å². The number of para-hydroxylation sites is 2. The number of nitrogens with zero attached hydrogens (tertiary/aromatic N) is 6. The zero-order valence-corrected chi connectivity index (χ0v) is 19.0. The molecule has 0 saturated carbocycles. The number of thiazole rings is 1. The minimum Gasteiger partial charge on any atom is -0.341 e. The second-order valence-corrected chi connectivity index (χ2v) is 9.38. The first kappa shape index (κ1) is 20.6. The van der Waals surface area contributed by atoms with Gasteiger partial charge in [-0.2, -0.15) is 0 Å². The maximum absolute atomic E-state index is 12.9. The topological polar surface area (TPSA) is 88.8 Å². The molecule has 3 aromatic heterocycles. The monoisotopic (exact) mass is 447 g/mol. The van der Waals surface area contributed by atoms with Gasteiger partial charge in [-0.3, -0.25) is 4.79 Å². The Kier molecular flexibility index (Phi) is 5.57. The van der Waals surface area contributed by atoms with Crippen molar-refractivity contribution in [2.75, 3.05) is 18.4 Å². The lowest BCUT2D eigenvalue weighted by molar-refractivity contribution is -0.132. The van der Waals surface area contributed by atoms with Crippen molar-refractivity contribution in [3.8, 4) is 0 Å². The minimum atomic E-state index is 0.131. The first-order chi connectivity index (χ1) is 15.5. The molecule has 5 rings (SSSR count). The van der Waals surface area contributed by atoms with E-state index in [1.165, 1.54) is 0 Å². The van der Waals surface area contributed by atoms with E-state index in [0.717, 1.165) is 64.3 Å². The summed E-state index contributed by atoms with van der Waals surface area (Å²) in [6.07, 6.45) is 5.38. The molecule has 0 spiro atoms. The predicted octanol–water partition coefficient (Wildman–Crippen LogP) is 4.05. The number of rotatable bonds is 5. The van der Waals surface area contributed by atoms with E-state index < -0.39 is 0 Å². The highest BCUT2D eigenvalue weighted by atomic mass is 32.1. The van der Waals surface area contributed by atoms with Gasteiger partial charge in [-0.1, -0.05) is 12.1 Å². The van der Waals surface area contributed by atoms with E-state index in [1.807, 2.05) is 59.8 Å². The molecule has 9 heteroatoms. The molecule has 164 valence electrons. The highest BCUT2D eigenvalue weighted by Gasteiger charge is 2.25. The molecule has 4 aromatic rings. The van der Waals surface area contributed by atoms with E-state index in [-0.39, 0.29) is 5.91 Å². The molecule has 0 aliphatic carbocycles. The number of fused-ring (bicyclic) bond motifs is 1. The van der Waals surface area contributed by atoms with E-state index in [9.17, 15) is 4.79 Å². The fourth-order valence-electron chi connectivity index (χ4n) is 4.19. The van der Waals surface area contributed by atoms with Gasteiger partial charge >= 0.3 is 0 Å². The van der Waals surface area contributed by atoms with Crippen LogP contribution in [0.4, 0.5) is 10.9 Å². The Morgan fingerprint density at radius 3 is 2.75 bits per heavy atom. The molecule has 0 unspecified atom stereocenters. The third-order valence-electron chi connectivity index (χ3n) is 5.81. The number of hydrogen-bond acceptors (Lipinski definition) is 7. The number of benzene rings is 1. The first-order valence-electron chi connectivity index (χ1n) is 10.8. The molecule has 1 amide bonds. The summed E-state index contributed by atoms with van der Waals surface area (Å²) >= 11 is 1.60. The average molecular weight is 448 g/mol. The van der Waals surface area contributed by atoms with Crippen LogP contribution < -0.4 is 5.32 Å². The lowest BCUT2D eigenvalue weighted by Crippen LogP contribution is -2.39. The highest BCUT2D eigenvalue weighted by molar-refractivity contribution is 7.15. The third-order valence-corrected chi connectivity index (χ3v) is 6.64. The Labute approximate surface area is 190 Å². The van der Waals surface area contributed by atoms with Crippen LogP contribution in [-0.2, 0) is 11.3 Å². The highest BCUT2D eigenvalue weighted by Crippen LogP contribution is 2.29. The van der Waals surface area contributed by atoms with Gasteiger partial charge in [-0.05, 0) is 38.8 Å². The van der Waals surface area contributed by atoms with Crippen molar-refractivity contribution in [2.45, 2.75) is 39.2 Å². The van der Waals surface area contributed by atoms with Crippen LogP contribution in [0.15, 0.2) is 42.9 Å². The predicted molar refractivity (Wildman–Crippen MR) is 125 cm³/mol. The maximum atomic E-state index is 12.9. The van der Waals surface area contributed by atoms with Crippen LogP contribution in [0.3, 0.4) is 0 Å². The van der Waals surface area contributed by atoms with Gasteiger partial charge in [0, 0.05) is 41.8 Å². The van der Waals surface area contributed by atoms with Gasteiger partial charge in [0.2, 0.25) is 5.91 Å². The number of piperidine rings is 1. The second-order valence-electron chi connectivity index (χ2n) is 8.14. The SMILES string of the molecule is Cc1nc(Nc2ncc(C)s2)cc(C2CCN(C(=O)Cn3cnc4ccccc43)CC2)n1. The second kappa shape index (κ2) is 8.66. The van der Waals surface area contributed by atoms with Crippen LogP contribution >= 0.6 is 11.3 Å². The van der Waals surface area contributed by atoms with Crippen molar-refractivity contribution in [2.24, 2.45) is 0 Å². The number of amides is 1. The van der Waals surface area contributed by atoms with E-state index in [4.69, 9.17) is 0 Å². The smallest absolute Gasteiger partial charge is 0.242 e. The van der Waals surface area contributed by atoms with Gasteiger partial charge in [0.15, 0.2) is 5.13 Å². The van der Waals surface area contributed by atoms with E-state index in [0.29, 0.717) is 12.5 Å². The zero-order valence-electron chi connectivity index (χ0n) is 18.2. The van der Waals surface area contributed by atoms with E-state index >= 15 is 0 Å². The normalized spacial score (nSPS) is 14.8.